The van der Waals surface area contributed by atoms with Crippen LogP contribution in [0, 0.1) is 12.7 Å². The van der Waals surface area contributed by atoms with Crippen LogP contribution < -0.4 is 0 Å². The highest BCUT2D eigenvalue weighted by Gasteiger charge is 2.05. The third kappa shape index (κ3) is 4.78. The van der Waals surface area contributed by atoms with Gasteiger partial charge in [0.25, 0.3) is 0 Å². The van der Waals surface area contributed by atoms with E-state index >= 15 is 0 Å². The minimum absolute atomic E-state index is 0.158. The Hall–Kier alpha value is -1.67. The van der Waals surface area contributed by atoms with E-state index in [1.54, 1.807) is 12.1 Å². The smallest absolute Gasteiger partial charge is 0.123 e. The fourth-order valence-corrected chi connectivity index (χ4v) is 2.31. The Kier molecular flexibility index (Phi) is 5.75. The van der Waals surface area contributed by atoms with Crippen LogP contribution in [0.2, 0.25) is 0 Å². The van der Waals surface area contributed by atoms with Crippen LogP contribution in [-0.2, 0) is 13.0 Å². The summed E-state index contributed by atoms with van der Waals surface area (Å²) >= 11 is 0. The largest absolute Gasteiger partial charge is 0.299 e. The molecule has 105 valence electrons. The molecular formula is C18H21FN. The lowest BCUT2D eigenvalue weighted by Gasteiger charge is -2.21. The van der Waals surface area contributed by atoms with E-state index in [0.29, 0.717) is 0 Å². The molecule has 1 nitrogen and oxygen atoms in total. The molecule has 0 N–H and O–H groups in total. The molecule has 2 aromatic carbocycles. The van der Waals surface area contributed by atoms with Gasteiger partial charge in [0, 0.05) is 13.1 Å². The van der Waals surface area contributed by atoms with Crippen LogP contribution in [0.1, 0.15) is 17.5 Å². The van der Waals surface area contributed by atoms with Crippen LogP contribution in [0.5, 0.6) is 0 Å². The SMILES string of the molecule is [CH2]CCN(CCc1cccc(F)c1)Cc1ccccc1. The molecule has 0 saturated carbocycles. The van der Waals surface area contributed by atoms with Gasteiger partial charge in [0.2, 0.25) is 0 Å². The molecule has 0 amide bonds. The molecule has 0 aliphatic heterocycles. The van der Waals surface area contributed by atoms with Crippen molar-refractivity contribution in [1.29, 1.82) is 0 Å². The lowest BCUT2D eigenvalue weighted by atomic mass is 10.1. The minimum atomic E-state index is -0.158. The number of nitrogens with zero attached hydrogens (tertiary/aromatic N) is 1. The quantitative estimate of drug-likeness (QED) is 0.732. The lowest BCUT2D eigenvalue weighted by molar-refractivity contribution is 0.273. The third-order valence-electron chi connectivity index (χ3n) is 3.33. The van der Waals surface area contributed by atoms with Gasteiger partial charge in [-0.3, -0.25) is 4.90 Å². The first kappa shape index (κ1) is 14.7. The van der Waals surface area contributed by atoms with Crippen molar-refractivity contribution in [3.63, 3.8) is 0 Å². The highest BCUT2D eigenvalue weighted by molar-refractivity contribution is 5.17. The van der Waals surface area contributed by atoms with Crippen molar-refractivity contribution in [2.24, 2.45) is 0 Å². The maximum absolute atomic E-state index is 13.2. The predicted octanol–water partition coefficient (Wildman–Crippen LogP) is 4.09. The summed E-state index contributed by atoms with van der Waals surface area (Å²) in [6.45, 7) is 6.74. The Bertz CT molecular complexity index is 510. The number of rotatable bonds is 7. The average Bonchev–Trinajstić information content (AvgIpc) is 2.46. The van der Waals surface area contributed by atoms with E-state index in [1.165, 1.54) is 11.6 Å². The number of halogens is 1. The van der Waals surface area contributed by atoms with Gasteiger partial charge in [0.05, 0.1) is 0 Å². The summed E-state index contributed by atoms with van der Waals surface area (Å²) in [5, 5.41) is 0. The van der Waals surface area contributed by atoms with Crippen LogP contribution in [0.15, 0.2) is 54.6 Å². The molecule has 2 aromatic rings. The normalized spacial score (nSPS) is 10.9. The van der Waals surface area contributed by atoms with E-state index in [0.717, 1.165) is 38.0 Å². The second kappa shape index (κ2) is 7.81. The number of hydrogen-bond acceptors (Lipinski definition) is 1. The molecule has 0 saturated heterocycles. The Morgan fingerprint density at radius 3 is 2.35 bits per heavy atom. The van der Waals surface area contributed by atoms with Crippen LogP contribution in [0.25, 0.3) is 0 Å². The second-order valence-corrected chi connectivity index (χ2v) is 5.00. The van der Waals surface area contributed by atoms with Gasteiger partial charge >= 0.3 is 0 Å². The molecule has 2 heteroatoms. The molecule has 0 heterocycles. The summed E-state index contributed by atoms with van der Waals surface area (Å²) in [5.41, 5.74) is 2.35. The Morgan fingerprint density at radius 2 is 1.65 bits per heavy atom. The zero-order chi connectivity index (χ0) is 14.2. The predicted molar refractivity (Wildman–Crippen MR) is 81.8 cm³/mol. The van der Waals surface area contributed by atoms with E-state index in [4.69, 9.17) is 0 Å². The highest BCUT2D eigenvalue weighted by Crippen LogP contribution is 2.09. The molecule has 0 bridgehead atoms. The van der Waals surface area contributed by atoms with E-state index in [2.05, 4.69) is 36.1 Å². The molecule has 0 unspecified atom stereocenters. The third-order valence-corrected chi connectivity index (χ3v) is 3.33. The van der Waals surface area contributed by atoms with Gasteiger partial charge in [-0.25, -0.2) is 4.39 Å². The van der Waals surface area contributed by atoms with Crippen LogP contribution in [-0.4, -0.2) is 18.0 Å². The van der Waals surface area contributed by atoms with Crippen LogP contribution in [0.3, 0.4) is 0 Å². The first-order valence-electron chi connectivity index (χ1n) is 7.08. The molecule has 0 atom stereocenters. The van der Waals surface area contributed by atoms with E-state index in [9.17, 15) is 4.39 Å². The standard InChI is InChI=1S/C18H21FN/c1-2-12-20(15-17-7-4-3-5-8-17)13-11-16-9-6-10-18(19)14-16/h3-10,14H,1-2,11-13,15H2. The molecule has 0 aromatic heterocycles. The Labute approximate surface area is 121 Å². The van der Waals surface area contributed by atoms with Crippen molar-refractivity contribution in [3.05, 3.63) is 78.5 Å². The maximum atomic E-state index is 13.2. The van der Waals surface area contributed by atoms with Crippen molar-refractivity contribution >= 4 is 0 Å². The highest BCUT2D eigenvalue weighted by atomic mass is 19.1. The van der Waals surface area contributed by atoms with Gasteiger partial charge in [0.1, 0.15) is 5.82 Å². The Morgan fingerprint density at radius 1 is 0.900 bits per heavy atom. The summed E-state index contributed by atoms with van der Waals surface area (Å²) < 4.78 is 13.2. The second-order valence-electron chi connectivity index (χ2n) is 5.00. The fourth-order valence-electron chi connectivity index (χ4n) is 2.31. The zero-order valence-electron chi connectivity index (χ0n) is 11.8. The molecule has 0 aliphatic carbocycles. The van der Waals surface area contributed by atoms with Crippen molar-refractivity contribution in [1.82, 2.24) is 4.90 Å². The molecule has 1 radical (unpaired) electrons. The molecule has 2 rings (SSSR count). The van der Waals surface area contributed by atoms with Gasteiger partial charge in [-0.15, -0.1) is 0 Å². The Balaban J connectivity index is 1.92. The molecule has 0 aliphatic rings. The van der Waals surface area contributed by atoms with Gasteiger partial charge in [0.15, 0.2) is 0 Å². The topological polar surface area (TPSA) is 3.24 Å². The fraction of sp³-hybridized carbons (Fsp3) is 0.278. The number of benzene rings is 2. The summed E-state index contributed by atoms with van der Waals surface area (Å²) in [7, 11) is 0. The van der Waals surface area contributed by atoms with Crippen molar-refractivity contribution in [3.8, 4) is 0 Å². The van der Waals surface area contributed by atoms with Crippen LogP contribution >= 0.6 is 0 Å². The molecule has 0 fully saturated rings. The van der Waals surface area contributed by atoms with Crippen LogP contribution in [0.4, 0.5) is 4.39 Å². The number of hydrogen-bond donors (Lipinski definition) is 0. The van der Waals surface area contributed by atoms with Crippen molar-refractivity contribution in [2.45, 2.75) is 19.4 Å². The average molecular weight is 270 g/mol. The lowest BCUT2D eigenvalue weighted by Crippen LogP contribution is -2.26. The first-order valence-corrected chi connectivity index (χ1v) is 7.08. The van der Waals surface area contributed by atoms with Gasteiger partial charge in [-0.2, -0.15) is 0 Å². The first-order chi connectivity index (χ1) is 9.78. The van der Waals surface area contributed by atoms with Gasteiger partial charge in [-0.05, 0) is 42.6 Å². The molecular weight excluding hydrogens is 249 g/mol. The van der Waals surface area contributed by atoms with E-state index in [-0.39, 0.29) is 5.82 Å². The summed E-state index contributed by atoms with van der Waals surface area (Å²) in [6.07, 6.45) is 1.75. The monoisotopic (exact) mass is 270 g/mol. The van der Waals surface area contributed by atoms with Crippen molar-refractivity contribution < 1.29 is 4.39 Å². The minimum Gasteiger partial charge on any atom is -0.299 e. The van der Waals surface area contributed by atoms with Crippen molar-refractivity contribution in [2.75, 3.05) is 13.1 Å². The van der Waals surface area contributed by atoms with E-state index < -0.39 is 0 Å². The summed E-state index contributed by atoms with van der Waals surface area (Å²) in [4.78, 5) is 2.37. The van der Waals surface area contributed by atoms with E-state index in [1.807, 2.05) is 12.1 Å². The maximum Gasteiger partial charge on any atom is 0.123 e. The van der Waals surface area contributed by atoms with Gasteiger partial charge in [-0.1, -0.05) is 49.4 Å². The molecule has 20 heavy (non-hydrogen) atoms. The van der Waals surface area contributed by atoms with Gasteiger partial charge < -0.3 is 0 Å². The molecule has 0 spiro atoms. The zero-order valence-corrected chi connectivity index (χ0v) is 11.8. The summed E-state index contributed by atoms with van der Waals surface area (Å²) in [5.74, 6) is -0.158. The summed E-state index contributed by atoms with van der Waals surface area (Å²) in [6, 6.07) is 17.3.